The van der Waals surface area contributed by atoms with Crippen LogP contribution in [0.1, 0.15) is 21.6 Å². The van der Waals surface area contributed by atoms with Gasteiger partial charge >= 0.3 is 0 Å². The SMILES string of the molecule is O=C(NCc1ccc(F)c(CO)c1)c1ccn(-c2ccccc2F)n1. The van der Waals surface area contributed by atoms with Gasteiger partial charge < -0.3 is 10.4 Å². The molecule has 1 heterocycles. The molecule has 0 fully saturated rings. The first-order chi connectivity index (χ1) is 12.1. The molecule has 1 amide bonds. The van der Waals surface area contributed by atoms with Gasteiger partial charge in [0, 0.05) is 18.3 Å². The summed E-state index contributed by atoms with van der Waals surface area (Å²) in [6, 6.07) is 11.8. The molecule has 25 heavy (non-hydrogen) atoms. The Kier molecular flexibility index (Phi) is 4.85. The molecule has 0 aliphatic carbocycles. The summed E-state index contributed by atoms with van der Waals surface area (Å²) in [5.41, 5.74) is 1.18. The molecule has 2 aromatic carbocycles. The molecule has 0 spiro atoms. The van der Waals surface area contributed by atoms with E-state index in [0.29, 0.717) is 5.56 Å². The molecule has 3 aromatic rings. The minimum absolute atomic E-state index is 0.132. The number of hydrogen-bond acceptors (Lipinski definition) is 3. The lowest BCUT2D eigenvalue weighted by molar-refractivity contribution is 0.0945. The van der Waals surface area contributed by atoms with Gasteiger partial charge in [-0.05, 0) is 35.9 Å². The van der Waals surface area contributed by atoms with E-state index in [-0.39, 0.29) is 23.5 Å². The first-order valence-electron chi connectivity index (χ1n) is 7.55. The number of benzene rings is 2. The molecule has 0 aliphatic rings. The van der Waals surface area contributed by atoms with Gasteiger partial charge in [0.15, 0.2) is 5.69 Å². The van der Waals surface area contributed by atoms with E-state index < -0.39 is 24.1 Å². The van der Waals surface area contributed by atoms with Crippen molar-refractivity contribution in [1.29, 1.82) is 0 Å². The molecule has 3 rings (SSSR count). The molecule has 0 saturated heterocycles. The minimum atomic E-state index is -0.499. The molecule has 0 atom stereocenters. The van der Waals surface area contributed by atoms with Gasteiger partial charge in [-0.15, -0.1) is 0 Å². The lowest BCUT2D eigenvalue weighted by Gasteiger charge is -2.06. The van der Waals surface area contributed by atoms with Crippen LogP contribution in [0.4, 0.5) is 8.78 Å². The fraction of sp³-hybridized carbons (Fsp3) is 0.111. The zero-order valence-electron chi connectivity index (χ0n) is 13.1. The number of para-hydroxylation sites is 1. The highest BCUT2D eigenvalue weighted by Crippen LogP contribution is 2.13. The Bertz CT molecular complexity index is 909. The predicted molar refractivity (Wildman–Crippen MR) is 87.0 cm³/mol. The number of aromatic nitrogens is 2. The summed E-state index contributed by atoms with van der Waals surface area (Å²) in [5.74, 6) is -1.38. The van der Waals surface area contributed by atoms with E-state index in [2.05, 4.69) is 10.4 Å². The van der Waals surface area contributed by atoms with Crippen LogP contribution in [-0.4, -0.2) is 20.8 Å². The van der Waals surface area contributed by atoms with E-state index >= 15 is 0 Å². The van der Waals surface area contributed by atoms with Crippen LogP contribution in [0.15, 0.2) is 54.7 Å². The standard InChI is InChI=1S/C18H15F2N3O2/c19-14-6-5-12(9-13(14)11-24)10-21-18(25)16-7-8-23(22-16)17-4-2-1-3-15(17)20/h1-9,24H,10-11H2,(H,21,25). The lowest BCUT2D eigenvalue weighted by Crippen LogP contribution is -2.23. The Morgan fingerprint density at radius 1 is 1.12 bits per heavy atom. The van der Waals surface area contributed by atoms with Crippen molar-refractivity contribution in [3.8, 4) is 5.69 Å². The highest BCUT2D eigenvalue weighted by molar-refractivity contribution is 5.92. The van der Waals surface area contributed by atoms with E-state index in [1.165, 1.54) is 41.2 Å². The van der Waals surface area contributed by atoms with E-state index in [1.54, 1.807) is 18.2 Å². The van der Waals surface area contributed by atoms with E-state index in [9.17, 15) is 13.6 Å². The van der Waals surface area contributed by atoms with Gasteiger partial charge in [-0.2, -0.15) is 5.10 Å². The average molecular weight is 343 g/mol. The molecule has 5 nitrogen and oxygen atoms in total. The third-order valence-corrected chi connectivity index (χ3v) is 3.65. The summed E-state index contributed by atoms with van der Waals surface area (Å²) in [5, 5.41) is 15.8. The van der Waals surface area contributed by atoms with Gasteiger partial charge in [-0.3, -0.25) is 4.79 Å². The number of nitrogens with zero attached hydrogens (tertiary/aromatic N) is 2. The second-order valence-corrected chi connectivity index (χ2v) is 5.36. The summed E-state index contributed by atoms with van der Waals surface area (Å²) in [4.78, 5) is 12.2. The van der Waals surface area contributed by atoms with Crippen molar-refractivity contribution < 1.29 is 18.7 Å². The van der Waals surface area contributed by atoms with Gasteiger partial charge in [-0.1, -0.05) is 18.2 Å². The topological polar surface area (TPSA) is 67.2 Å². The van der Waals surface area contributed by atoms with Gasteiger partial charge in [-0.25, -0.2) is 13.5 Å². The van der Waals surface area contributed by atoms with Crippen molar-refractivity contribution in [3.05, 3.63) is 83.2 Å². The number of carbonyl (C=O) groups excluding carboxylic acids is 1. The normalized spacial score (nSPS) is 10.7. The van der Waals surface area contributed by atoms with Crippen molar-refractivity contribution >= 4 is 5.91 Å². The predicted octanol–water partition coefficient (Wildman–Crippen LogP) is 2.57. The third kappa shape index (κ3) is 3.72. The van der Waals surface area contributed by atoms with Gasteiger partial charge in [0.25, 0.3) is 5.91 Å². The molecule has 0 saturated carbocycles. The average Bonchev–Trinajstić information content (AvgIpc) is 3.11. The van der Waals surface area contributed by atoms with Crippen molar-refractivity contribution in [1.82, 2.24) is 15.1 Å². The molecular weight excluding hydrogens is 328 g/mol. The summed E-state index contributed by atoms with van der Waals surface area (Å²) < 4.78 is 28.4. The van der Waals surface area contributed by atoms with Crippen LogP contribution in [0, 0.1) is 11.6 Å². The molecule has 0 aliphatic heterocycles. The van der Waals surface area contributed by atoms with Crippen molar-refractivity contribution in [2.75, 3.05) is 0 Å². The number of hydrogen-bond donors (Lipinski definition) is 2. The highest BCUT2D eigenvalue weighted by atomic mass is 19.1. The number of amides is 1. The zero-order valence-corrected chi connectivity index (χ0v) is 13.1. The van der Waals surface area contributed by atoms with Crippen molar-refractivity contribution in [2.45, 2.75) is 13.2 Å². The van der Waals surface area contributed by atoms with Crippen molar-refractivity contribution in [3.63, 3.8) is 0 Å². The van der Waals surface area contributed by atoms with Crippen LogP contribution in [0.25, 0.3) is 5.69 Å². The lowest BCUT2D eigenvalue weighted by atomic mass is 10.1. The van der Waals surface area contributed by atoms with Crippen molar-refractivity contribution in [2.24, 2.45) is 0 Å². The summed E-state index contributed by atoms with van der Waals surface area (Å²) in [6.07, 6.45) is 1.50. The third-order valence-electron chi connectivity index (χ3n) is 3.65. The second-order valence-electron chi connectivity index (χ2n) is 5.36. The largest absolute Gasteiger partial charge is 0.392 e. The summed E-state index contributed by atoms with van der Waals surface area (Å²) in [7, 11) is 0. The Labute approximate surface area is 142 Å². The molecule has 7 heteroatoms. The number of aliphatic hydroxyl groups is 1. The fourth-order valence-corrected chi connectivity index (χ4v) is 2.35. The zero-order chi connectivity index (χ0) is 17.8. The maximum atomic E-state index is 13.7. The summed E-state index contributed by atoms with van der Waals surface area (Å²) in [6.45, 7) is -0.265. The first kappa shape index (κ1) is 16.8. The Morgan fingerprint density at radius 2 is 1.92 bits per heavy atom. The smallest absolute Gasteiger partial charge is 0.272 e. The second kappa shape index (κ2) is 7.23. The van der Waals surface area contributed by atoms with Crippen LogP contribution in [0.2, 0.25) is 0 Å². The number of aliphatic hydroxyl groups excluding tert-OH is 1. The maximum absolute atomic E-state index is 13.7. The number of nitrogens with one attached hydrogen (secondary N) is 1. The number of carbonyl (C=O) groups is 1. The van der Waals surface area contributed by atoms with Crippen LogP contribution in [0.5, 0.6) is 0 Å². The quantitative estimate of drug-likeness (QED) is 0.748. The van der Waals surface area contributed by atoms with E-state index in [4.69, 9.17) is 5.11 Å². The van der Waals surface area contributed by atoms with E-state index in [0.717, 1.165) is 0 Å². The molecule has 1 aromatic heterocycles. The molecule has 128 valence electrons. The number of halogens is 2. The van der Waals surface area contributed by atoms with Crippen LogP contribution >= 0.6 is 0 Å². The van der Waals surface area contributed by atoms with Gasteiger partial charge in [0.2, 0.25) is 0 Å². The first-order valence-corrected chi connectivity index (χ1v) is 7.55. The molecule has 0 bridgehead atoms. The molecule has 0 unspecified atom stereocenters. The Hall–Kier alpha value is -3.06. The van der Waals surface area contributed by atoms with Crippen LogP contribution in [-0.2, 0) is 13.2 Å². The van der Waals surface area contributed by atoms with Crippen LogP contribution < -0.4 is 5.32 Å². The molecule has 2 N–H and O–H groups in total. The summed E-state index contributed by atoms with van der Waals surface area (Å²) >= 11 is 0. The van der Waals surface area contributed by atoms with E-state index in [1.807, 2.05) is 0 Å². The Morgan fingerprint density at radius 3 is 2.68 bits per heavy atom. The molecule has 0 radical (unpaired) electrons. The molecular formula is C18H15F2N3O2. The minimum Gasteiger partial charge on any atom is -0.392 e. The number of rotatable bonds is 5. The fourth-order valence-electron chi connectivity index (χ4n) is 2.35. The maximum Gasteiger partial charge on any atom is 0.272 e. The van der Waals surface area contributed by atoms with Gasteiger partial charge in [0.05, 0.1) is 6.61 Å². The Balaban J connectivity index is 1.69. The van der Waals surface area contributed by atoms with Crippen LogP contribution in [0.3, 0.4) is 0 Å². The monoisotopic (exact) mass is 343 g/mol. The highest BCUT2D eigenvalue weighted by Gasteiger charge is 2.12. The van der Waals surface area contributed by atoms with Gasteiger partial charge in [0.1, 0.15) is 17.3 Å².